The Hall–Kier alpha value is -3.65. The Morgan fingerprint density at radius 3 is 2.64 bits per heavy atom. The van der Waals surface area contributed by atoms with Gasteiger partial charge in [0.25, 0.3) is 5.91 Å². The van der Waals surface area contributed by atoms with E-state index in [0.29, 0.717) is 29.9 Å². The highest BCUT2D eigenvalue weighted by molar-refractivity contribution is 7.09. The molecule has 170 valence electrons. The number of hydrogen-bond acceptors (Lipinski definition) is 5. The molecule has 0 fully saturated rings. The first-order valence-electron chi connectivity index (χ1n) is 10.7. The molecule has 4 rings (SSSR count). The summed E-state index contributed by atoms with van der Waals surface area (Å²) in [6.45, 7) is 3.08. The third kappa shape index (κ3) is 5.59. The molecule has 33 heavy (non-hydrogen) atoms. The summed E-state index contributed by atoms with van der Waals surface area (Å²) in [5.74, 6) is 0.622. The van der Waals surface area contributed by atoms with Crippen LogP contribution in [0, 0.1) is 5.92 Å². The van der Waals surface area contributed by atoms with Crippen molar-refractivity contribution in [2.24, 2.45) is 10.9 Å². The van der Waals surface area contributed by atoms with Crippen molar-refractivity contribution in [3.05, 3.63) is 75.4 Å². The molecule has 0 aliphatic carbocycles. The molecule has 1 aliphatic rings. The predicted octanol–water partition coefficient (Wildman–Crippen LogP) is 3.45. The van der Waals surface area contributed by atoms with Gasteiger partial charge in [0.2, 0.25) is 0 Å². The molecular weight excluding hydrogens is 438 g/mol. The van der Waals surface area contributed by atoms with Crippen LogP contribution in [0.15, 0.2) is 65.0 Å². The average molecular weight is 464 g/mol. The number of nitrogens with zero attached hydrogens (tertiary/aromatic N) is 2. The highest BCUT2D eigenvalue weighted by Gasteiger charge is 2.25. The van der Waals surface area contributed by atoms with Crippen LogP contribution in [0.2, 0.25) is 0 Å². The van der Waals surface area contributed by atoms with E-state index in [9.17, 15) is 9.59 Å². The van der Waals surface area contributed by atoms with Crippen molar-refractivity contribution < 1.29 is 19.1 Å². The molecule has 2 heterocycles. The highest BCUT2D eigenvalue weighted by atomic mass is 32.1. The van der Waals surface area contributed by atoms with E-state index in [2.05, 4.69) is 10.3 Å². The molecule has 3 aromatic rings. The van der Waals surface area contributed by atoms with Crippen molar-refractivity contribution in [2.75, 3.05) is 25.6 Å². The molecular formula is C25H25N3O4S. The Labute approximate surface area is 196 Å². The molecule has 7 nitrogen and oxygen atoms in total. The number of anilines is 1. The summed E-state index contributed by atoms with van der Waals surface area (Å²) in [5.41, 5.74) is 0.646. The fraction of sp³-hybridized carbons (Fsp3) is 0.240. The SMILES string of the molecule is CCOc1ccc2c(c1)=CC(CN(Cc1cccs1)C(=O)Nc1ccc(OC)cc1)C(=O)N=2. The standard InChI is InChI=1S/C25H25N3O4S/c1-3-32-21-10-11-23-17(14-21)13-18(24(29)27-23)15-28(16-22-5-4-12-33-22)25(30)26-19-6-8-20(31-2)9-7-19/h4-14,18H,3,15-16H2,1-2H3,(H,26,30). The van der Waals surface area contributed by atoms with Gasteiger partial charge in [-0.05, 0) is 60.8 Å². The number of methoxy groups -OCH3 is 1. The summed E-state index contributed by atoms with van der Waals surface area (Å²) in [4.78, 5) is 32.8. The Morgan fingerprint density at radius 1 is 1.15 bits per heavy atom. The van der Waals surface area contributed by atoms with Crippen LogP contribution in [0.3, 0.4) is 0 Å². The van der Waals surface area contributed by atoms with Crippen LogP contribution in [-0.4, -0.2) is 37.1 Å². The number of fused-ring (bicyclic) bond motifs is 1. The maximum atomic E-state index is 13.2. The molecule has 1 N–H and O–H groups in total. The van der Waals surface area contributed by atoms with Gasteiger partial charge in [-0.15, -0.1) is 11.3 Å². The topological polar surface area (TPSA) is 80.2 Å². The molecule has 8 heteroatoms. The van der Waals surface area contributed by atoms with Gasteiger partial charge >= 0.3 is 6.03 Å². The van der Waals surface area contributed by atoms with Crippen molar-refractivity contribution in [3.63, 3.8) is 0 Å². The molecule has 2 aromatic carbocycles. The molecule has 0 spiro atoms. The number of thiophene rings is 1. The lowest BCUT2D eigenvalue weighted by molar-refractivity contribution is -0.120. The molecule has 1 unspecified atom stereocenters. The molecule has 3 amide bonds. The summed E-state index contributed by atoms with van der Waals surface area (Å²) in [6, 6.07) is 16.2. The first-order valence-corrected chi connectivity index (χ1v) is 11.5. The van der Waals surface area contributed by atoms with Crippen molar-refractivity contribution in [3.8, 4) is 11.5 Å². The van der Waals surface area contributed by atoms with Crippen LogP contribution in [0.5, 0.6) is 11.5 Å². The second kappa shape index (κ2) is 10.3. The maximum Gasteiger partial charge on any atom is 0.322 e. The fourth-order valence-corrected chi connectivity index (χ4v) is 4.29. The molecule has 1 aliphatic heterocycles. The lowest BCUT2D eigenvalue weighted by Gasteiger charge is -2.26. The largest absolute Gasteiger partial charge is 0.497 e. The second-order valence-electron chi connectivity index (χ2n) is 7.50. The third-order valence-corrected chi connectivity index (χ3v) is 6.07. The number of benzene rings is 2. The summed E-state index contributed by atoms with van der Waals surface area (Å²) in [7, 11) is 1.59. The van der Waals surface area contributed by atoms with E-state index in [0.717, 1.165) is 15.8 Å². The van der Waals surface area contributed by atoms with E-state index < -0.39 is 5.92 Å². The molecule has 0 saturated carbocycles. The zero-order valence-corrected chi connectivity index (χ0v) is 19.3. The van der Waals surface area contributed by atoms with E-state index in [1.54, 1.807) is 59.7 Å². The van der Waals surface area contributed by atoms with E-state index in [4.69, 9.17) is 9.47 Å². The monoisotopic (exact) mass is 463 g/mol. The van der Waals surface area contributed by atoms with Gasteiger partial charge in [0.05, 0.1) is 31.5 Å². The number of urea groups is 1. The number of nitrogens with one attached hydrogen (secondary N) is 1. The van der Waals surface area contributed by atoms with Crippen molar-refractivity contribution in [1.82, 2.24) is 4.90 Å². The Morgan fingerprint density at radius 2 is 1.94 bits per heavy atom. The van der Waals surface area contributed by atoms with Gasteiger partial charge in [0.15, 0.2) is 0 Å². The van der Waals surface area contributed by atoms with Crippen LogP contribution < -0.4 is 25.4 Å². The number of carbonyl (C=O) groups excluding carboxylic acids is 2. The van der Waals surface area contributed by atoms with Gasteiger partial charge in [0, 0.05) is 22.3 Å². The minimum absolute atomic E-state index is 0.209. The van der Waals surface area contributed by atoms with Gasteiger partial charge < -0.3 is 19.7 Å². The van der Waals surface area contributed by atoms with E-state index in [1.165, 1.54) is 0 Å². The summed E-state index contributed by atoms with van der Waals surface area (Å²) in [6.07, 6.45) is 1.87. The zero-order valence-electron chi connectivity index (χ0n) is 18.5. The van der Waals surface area contributed by atoms with E-state index >= 15 is 0 Å². The molecule has 0 saturated heterocycles. The van der Waals surface area contributed by atoms with Crippen molar-refractivity contribution in [1.29, 1.82) is 0 Å². The minimum Gasteiger partial charge on any atom is -0.497 e. The van der Waals surface area contributed by atoms with E-state index in [1.807, 2.05) is 36.6 Å². The van der Waals surface area contributed by atoms with Crippen LogP contribution >= 0.6 is 11.3 Å². The van der Waals surface area contributed by atoms with Gasteiger partial charge in [-0.3, -0.25) is 4.79 Å². The second-order valence-corrected chi connectivity index (χ2v) is 8.53. The number of ether oxygens (including phenoxy) is 2. The number of carbonyl (C=O) groups is 2. The normalized spacial score (nSPS) is 14.5. The Bertz CT molecular complexity index is 1240. The van der Waals surface area contributed by atoms with Crippen LogP contribution in [-0.2, 0) is 11.3 Å². The quantitative estimate of drug-likeness (QED) is 0.555. The smallest absolute Gasteiger partial charge is 0.322 e. The first-order chi connectivity index (χ1) is 16.1. The molecule has 0 radical (unpaired) electrons. The third-order valence-electron chi connectivity index (χ3n) is 5.21. The summed E-state index contributed by atoms with van der Waals surface area (Å²) in [5, 5.41) is 6.33. The first kappa shape index (κ1) is 22.5. The van der Waals surface area contributed by atoms with Crippen molar-refractivity contribution in [2.45, 2.75) is 13.5 Å². The van der Waals surface area contributed by atoms with Crippen molar-refractivity contribution >= 4 is 35.0 Å². The predicted molar refractivity (Wildman–Crippen MR) is 128 cm³/mol. The van der Waals surface area contributed by atoms with Gasteiger partial charge in [-0.2, -0.15) is 0 Å². The molecule has 0 bridgehead atoms. The van der Waals surface area contributed by atoms with Gasteiger partial charge in [0.1, 0.15) is 11.5 Å². The Balaban J connectivity index is 1.57. The minimum atomic E-state index is -0.545. The Kier molecular flexibility index (Phi) is 7.04. The van der Waals surface area contributed by atoms with Crippen LogP contribution in [0.4, 0.5) is 10.5 Å². The lowest BCUT2D eigenvalue weighted by atomic mass is 10.0. The lowest BCUT2D eigenvalue weighted by Crippen LogP contribution is -2.42. The fourth-order valence-electron chi connectivity index (χ4n) is 3.57. The maximum absolute atomic E-state index is 13.2. The number of hydrogen-bond donors (Lipinski definition) is 1. The van der Waals surface area contributed by atoms with Crippen LogP contribution in [0.1, 0.15) is 11.8 Å². The molecule has 1 aromatic heterocycles. The summed E-state index contributed by atoms with van der Waals surface area (Å²) < 4.78 is 10.8. The highest BCUT2D eigenvalue weighted by Crippen LogP contribution is 2.19. The number of amides is 3. The summed E-state index contributed by atoms with van der Waals surface area (Å²) >= 11 is 1.57. The van der Waals surface area contributed by atoms with Gasteiger partial charge in [-0.1, -0.05) is 12.1 Å². The van der Waals surface area contributed by atoms with E-state index in [-0.39, 0.29) is 18.5 Å². The average Bonchev–Trinajstić information content (AvgIpc) is 3.33. The van der Waals surface area contributed by atoms with Crippen LogP contribution in [0.25, 0.3) is 6.08 Å². The zero-order chi connectivity index (χ0) is 23.2. The van der Waals surface area contributed by atoms with Gasteiger partial charge in [-0.25, -0.2) is 9.79 Å². The number of rotatable bonds is 8. The molecule has 1 atom stereocenters.